The van der Waals surface area contributed by atoms with Crippen molar-refractivity contribution >= 4 is 16.7 Å². The van der Waals surface area contributed by atoms with Crippen LogP contribution in [-0.4, -0.2) is 24.4 Å². The Labute approximate surface area is 122 Å². The van der Waals surface area contributed by atoms with E-state index in [0.29, 0.717) is 11.1 Å². The Kier molecular flexibility index (Phi) is 3.09. The van der Waals surface area contributed by atoms with Gasteiger partial charge in [0.15, 0.2) is 0 Å². The summed E-state index contributed by atoms with van der Waals surface area (Å²) >= 11 is 0. The molecule has 9 heteroatoms. The quantitative estimate of drug-likeness (QED) is 0.418. The Bertz CT molecular complexity index is 998. The van der Waals surface area contributed by atoms with Crippen LogP contribution in [0.3, 0.4) is 0 Å². The number of rotatable bonds is 3. The Balaban J connectivity index is 2.28. The lowest BCUT2D eigenvalue weighted by atomic mass is 10.1. The van der Waals surface area contributed by atoms with Gasteiger partial charge in [-0.15, -0.1) is 0 Å². The minimum Gasteiger partial charge on any atom is -0.331 e. The zero-order chi connectivity index (χ0) is 15.9. The molecule has 9 nitrogen and oxygen atoms in total. The third-order valence-electron chi connectivity index (χ3n) is 3.37. The number of H-pyrrole nitrogens is 2. The van der Waals surface area contributed by atoms with Crippen molar-refractivity contribution in [2.24, 2.45) is 0 Å². The van der Waals surface area contributed by atoms with Crippen molar-refractivity contribution in [3.8, 4) is 0 Å². The average molecular weight is 301 g/mol. The number of imidazole rings is 1. The highest BCUT2D eigenvalue weighted by Gasteiger charge is 2.14. The summed E-state index contributed by atoms with van der Waals surface area (Å²) in [5, 5.41) is 11.0. The van der Waals surface area contributed by atoms with Crippen LogP contribution in [0, 0.1) is 17.0 Å². The van der Waals surface area contributed by atoms with Crippen LogP contribution in [0.25, 0.3) is 11.0 Å². The van der Waals surface area contributed by atoms with E-state index in [1.54, 1.807) is 23.9 Å². The summed E-state index contributed by atoms with van der Waals surface area (Å²) in [5.41, 5.74) is -0.723. The number of nitrogens with zero attached hydrogens (tertiary/aromatic N) is 3. The standard InChI is InChI=1S/C13H11N5O4/c1-7-14-2-3-17(7)6-8-4-9(18(21)22)5-10-11(8)16-13(20)12(19)15-10/h2-5H,6H2,1H3,(H,15,19)(H,16,20). The molecule has 0 atom stereocenters. The van der Waals surface area contributed by atoms with Crippen LogP contribution in [0.1, 0.15) is 11.4 Å². The van der Waals surface area contributed by atoms with E-state index < -0.39 is 16.0 Å². The Morgan fingerprint density at radius 2 is 2.00 bits per heavy atom. The van der Waals surface area contributed by atoms with E-state index in [0.717, 1.165) is 5.82 Å². The first kappa shape index (κ1) is 13.7. The van der Waals surface area contributed by atoms with Crippen LogP contribution in [0.15, 0.2) is 34.1 Å². The summed E-state index contributed by atoms with van der Waals surface area (Å²) in [6, 6.07) is 2.59. The molecule has 0 aliphatic rings. The monoisotopic (exact) mass is 301 g/mol. The van der Waals surface area contributed by atoms with E-state index >= 15 is 0 Å². The first-order valence-electron chi connectivity index (χ1n) is 6.37. The number of aryl methyl sites for hydroxylation is 1. The van der Waals surface area contributed by atoms with Crippen molar-refractivity contribution in [2.75, 3.05) is 0 Å². The number of nitro benzene ring substituents is 1. The van der Waals surface area contributed by atoms with Gasteiger partial charge in [-0.25, -0.2) is 4.98 Å². The highest BCUT2D eigenvalue weighted by Crippen LogP contribution is 2.22. The largest absolute Gasteiger partial charge is 0.331 e. The molecule has 22 heavy (non-hydrogen) atoms. The fourth-order valence-corrected chi connectivity index (χ4v) is 2.27. The van der Waals surface area contributed by atoms with E-state index in [4.69, 9.17) is 0 Å². The Morgan fingerprint density at radius 3 is 2.64 bits per heavy atom. The van der Waals surface area contributed by atoms with E-state index in [9.17, 15) is 19.7 Å². The first-order chi connectivity index (χ1) is 10.5. The van der Waals surface area contributed by atoms with Crippen LogP contribution < -0.4 is 11.1 Å². The fraction of sp³-hybridized carbons (Fsp3) is 0.154. The molecule has 0 amide bonds. The molecule has 2 aromatic heterocycles. The van der Waals surface area contributed by atoms with Gasteiger partial charge in [-0.1, -0.05) is 0 Å². The Hall–Kier alpha value is -3.23. The summed E-state index contributed by atoms with van der Waals surface area (Å²) in [4.78, 5) is 42.3. The van der Waals surface area contributed by atoms with Crippen molar-refractivity contribution in [1.29, 1.82) is 0 Å². The van der Waals surface area contributed by atoms with Crippen molar-refractivity contribution in [1.82, 2.24) is 19.5 Å². The summed E-state index contributed by atoms with van der Waals surface area (Å²) in [6.45, 7) is 2.08. The maximum absolute atomic E-state index is 11.5. The lowest BCUT2D eigenvalue weighted by molar-refractivity contribution is -0.384. The van der Waals surface area contributed by atoms with Crippen molar-refractivity contribution in [3.63, 3.8) is 0 Å². The molecule has 0 spiro atoms. The number of nitro groups is 1. The molecule has 2 N–H and O–H groups in total. The van der Waals surface area contributed by atoms with Gasteiger partial charge in [0.2, 0.25) is 0 Å². The van der Waals surface area contributed by atoms with Crippen molar-refractivity contribution < 1.29 is 4.92 Å². The third-order valence-corrected chi connectivity index (χ3v) is 3.37. The molecule has 3 rings (SSSR count). The van der Waals surface area contributed by atoms with Crippen LogP contribution in [-0.2, 0) is 6.54 Å². The maximum atomic E-state index is 11.5. The molecule has 0 saturated carbocycles. The van der Waals surface area contributed by atoms with Crippen LogP contribution in [0.4, 0.5) is 5.69 Å². The molecule has 112 valence electrons. The zero-order valence-corrected chi connectivity index (χ0v) is 11.5. The molecule has 0 aliphatic heterocycles. The normalized spacial score (nSPS) is 11.0. The van der Waals surface area contributed by atoms with Gasteiger partial charge in [0.05, 0.1) is 22.5 Å². The summed E-state index contributed by atoms with van der Waals surface area (Å²) in [5.74, 6) is 0.728. The second kappa shape index (κ2) is 4.95. The van der Waals surface area contributed by atoms with E-state index in [-0.39, 0.29) is 17.7 Å². The second-order valence-electron chi connectivity index (χ2n) is 4.80. The first-order valence-corrected chi connectivity index (χ1v) is 6.37. The summed E-state index contributed by atoms with van der Waals surface area (Å²) < 4.78 is 1.78. The minimum atomic E-state index is -0.849. The molecule has 2 heterocycles. The van der Waals surface area contributed by atoms with Crippen LogP contribution in [0.2, 0.25) is 0 Å². The molecule has 3 aromatic rings. The number of hydrogen-bond acceptors (Lipinski definition) is 5. The van der Waals surface area contributed by atoms with E-state index in [2.05, 4.69) is 15.0 Å². The van der Waals surface area contributed by atoms with Crippen LogP contribution >= 0.6 is 0 Å². The zero-order valence-electron chi connectivity index (χ0n) is 11.5. The van der Waals surface area contributed by atoms with Gasteiger partial charge in [-0.2, -0.15) is 0 Å². The summed E-state index contributed by atoms with van der Waals surface area (Å²) in [7, 11) is 0. The predicted octanol–water partition coefficient (Wildman–Crippen LogP) is 0.678. The van der Waals surface area contributed by atoms with Gasteiger partial charge < -0.3 is 14.5 Å². The van der Waals surface area contributed by atoms with Crippen LogP contribution in [0.5, 0.6) is 0 Å². The second-order valence-corrected chi connectivity index (χ2v) is 4.80. The topological polar surface area (TPSA) is 127 Å². The smallest absolute Gasteiger partial charge is 0.314 e. The number of nitrogens with one attached hydrogen (secondary N) is 2. The maximum Gasteiger partial charge on any atom is 0.314 e. The molecule has 0 bridgehead atoms. The number of non-ortho nitro benzene ring substituents is 1. The van der Waals surface area contributed by atoms with Gasteiger partial charge in [-0.05, 0) is 6.92 Å². The van der Waals surface area contributed by atoms with Gasteiger partial charge >= 0.3 is 11.1 Å². The Morgan fingerprint density at radius 1 is 1.27 bits per heavy atom. The van der Waals surface area contributed by atoms with Gasteiger partial charge in [0.25, 0.3) is 5.69 Å². The molecule has 0 radical (unpaired) electrons. The SMILES string of the molecule is Cc1nccn1Cc1cc([N+](=O)[O-])cc2[nH]c(=O)c(=O)[nH]c12. The number of benzene rings is 1. The highest BCUT2D eigenvalue weighted by atomic mass is 16.6. The molecule has 0 unspecified atom stereocenters. The molecule has 0 aliphatic carbocycles. The number of aromatic nitrogens is 4. The van der Waals surface area contributed by atoms with Gasteiger partial charge in [0, 0.05) is 30.1 Å². The molecular weight excluding hydrogens is 290 g/mol. The van der Waals surface area contributed by atoms with E-state index in [1.807, 2.05) is 0 Å². The van der Waals surface area contributed by atoms with Gasteiger partial charge in [-0.3, -0.25) is 19.7 Å². The highest BCUT2D eigenvalue weighted by molar-refractivity contribution is 5.80. The average Bonchev–Trinajstić information content (AvgIpc) is 2.86. The number of hydrogen-bond donors (Lipinski definition) is 2. The molecule has 0 saturated heterocycles. The lowest BCUT2D eigenvalue weighted by Crippen LogP contribution is -2.29. The van der Waals surface area contributed by atoms with E-state index in [1.165, 1.54) is 12.1 Å². The third kappa shape index (κ3) is 2.28. The van der Waals surface area contributed by atoms with Crippen molar-refractivity contribution in [3.05, 3.63) is 66.7 Å². The van der Waals surface area contributed by atoms with Gasteiger partial charge in [0.1, 0.15) is 5.82 Å². The van der Waals surface area contributed by atoms with Crippen molar-refractivity contribution in [2.45, 2.75) is 13.5 Å². The fourth-order valence-electron chi connectivity index (χ4n) is 2.27. The predicted molar refractivity (Wildman–Crippen MR) is 77.9 cm³/mol. The number of aromatic amines is 2. The molecule has 1 aromatic carbocycles. The summed E-state index contributed by atoms with van der Waals surface area (Å²) in [6.07, 6.45) is 3.34. The minimum absolute atomic E-state index is 0.164. The lowest BCUT2D eigenvalue weighted by Gasteiger charge is -2.08. The number of fused-ring (bicyclic) bond motifs is 1. The molecule has 0 fully saturated rings. The molecular formula is C13H11N5O4.